The van der Waals surface area contributed by atoms with Crippen molar-refractivity contribution < 1.29 is 22.9 Å². The smallest absolute Gasteiger partial charge is 0.293 e. The van der Waals surface area contributed by atoms with E-state index in [1.54, 1.807) is 30.3 Å². The molecular formula is C24H24N4O6S. The summed E-state index contributed by atoms with van der Waals surface area (Å²) in [6, 6.07) is 19.7. The number of carbonyl (C=O) groups is 1. The first-order chi connectivity index (χ1) is 16.8. The van der Waals surface area contributed by atoms with Crippen molar-refractivity contribution in [3.05, 3.63) is 94.5 Å². The molecule has 0 aliphatic carbocycles. The van der Waals surface area contributed by atoms with E-state index in [0.29, 0.717) is 22.2 Å². The summed E-state index contributed by atoms with van der Waals surface area (Å²) in [4.78, 5) is 23.4. The van der Waals surface area contributed by atoms with Crippen LogP contribution in [-0.4, -0.2) is 38.6 Å². The first-order valence-electron chi connectivity index (χ1n) is 10.7. The molecule has 0 saturated carbocycles. The van der Waals surface area contributed by atoms with E-state index < -0.39 is 33.1 Å². The van der Waals surface area contributed by atoms with Crippen molar-refractivity contribution >= 4 is 33.5 Å². The Kier molecular flexibility index (Phi) is 8.52. The molecule has 1 N–H and O–H groups in total. The molecule has 0 aliphatic heterocycles. The minimum Gasteiger partial charge on any atom is -0.494 e. The van der Waals surface area contributed by atoms with Crippen molar-refractivity contribution in [2.24, 2.45) is 5.10 Å². The lowest BCUT2D eigenvalue weighted by molar-refractivity contribution is -0.384. The number of nitro benzene ring substituents is 1. The zero-order chi connectivity index (χ0) is 25.3. The normalized spacial score (nSPS) is 11.2. The Morgan fingerprint density at radius 2 is 1.71 bits per heavy atom. The SMILES string of the molecule is CCCOc1ccc(/C=N\NC(=O)CN(c2ccccc2[N+](=O)[O-])S(=O)(=O)c2ccccc2)cc1. The number of hydrogen-bond acceptors (Lipinski definition) is 7. The predicted octanol–water partition coefficient (Wildman–Crippen LogP) is 3.73. The third-order valence-corrected chi connectivity index (χ3v) is 6.50. The highest BCUT2D eigenvalue weighted by Crippen LogP contribution is 2.31. The van der Waals surface area contributed by atoms with Crippen LogP contribution in [0.1, 0.15) is 18.9 Å². The molecule has 3 aromatic rings. The van der Waals surface area contributed by atoms with Gasteiger partial charge in [-0.1, -0.05) is 37.3 Å². The highest BCUT2D eigenvalue weighted by atomic mass is 32.2. The number of nitrogens with one attached hydrogen (secondary N) is 1. The zero-order valence-electron chi connectivity index (χ0n) is 18.9. The number of sulfonamides is 1. The van der Waals surface area contributed by atoms with Gasteiger partial charge in [-0.25, -0.2) is 18.1 Å². The molecule has 10 nitrogen and oxygen atoms in total. The number of rotatable bonds is 11. The van der Waals surface area contributed by atoms with Crippen LogP contribution in [0.3, 0.4) is 0 Å². The standard InChI is InChI=1S/C24H24N4O6S/c1-2-16-34-20-14-12-19(13-15-20)17-25-26-24(29)18-27(22-10-6-7-11-23(22)28(30)31)35(32,33)21-8-4-3-5-9-21/h3-15,17H,2,16,18H2,1H3,(H,26,29)/b25-17-. The number of anilines is 1. The molecule has 3 aromatic carbocycles. The van der Waals surface area contributed by atoms with Crippen molar-refractivity contribution in [1.82, 2.24) is 5.43 Å². The number of benzene rings is 3. The molecule has 1 amide bonds. The Morgan fingerprint density at radius 1 is 1.06 bits per heavy atom. The number of nitrogens with zero attached hydrogens (tertiary/aromatic N) is 3. The van der Waals surface area contributed by atoms with Crippen molar-refractivity contribution in [2.45, 2.75) is 18.2 Å². The quantitative estimate of drug-likeness (QED) is 0.244. The summed E-state index contributed by atoms with van der Waals surface area (Å²) in [6.07, 6.45) is 2.28. The maximum atomic E-state index is 13.3. The maximum absolute atomic E-state index is 13.3. The minimum atomic E-state index is -4.29. The third kappa shape index (κ3) is 6.64. The van der Waals surface area contributed by atoms with Crippen molar-refractivity contribution in [3.8, 4) is 5.75 Å². The number of nitro groups is 1. The van der Waals surface area contributed by atoms with Gasteiger partial charge in [0.2, 0.25) is 0 Å². The van der Waals surface area contributed by atoms with Crippen LogP contribution in [0.15, 0.2) is 88.9 Å². The van der Waals surface area contributed by atoms with Crippen molar-refractivity contribution in [3.63, 3.8) is 0 Å². The first-order valence-corrected chi connectivity index (χ1v) is 12.1. The van der Waals surface area contributed by atoms with E-state index in [1.807, 2.05) is 6.92 Å². The number of carbonyl (C=O) groups excluding carboxylic acids is 1. The fourth-order valence-corrected chi connectivity index (χ4v) is 4.52. The van der Waals surface area contributed by atoms with Crippen LogP contribution in [0.2, 0.25) is 0 Å². The minimum absolute atomic E-state index is 0.111. The lowest BCUT2D eigenvalue weighted by atomic mass is 10.2. The van der Waals surface area contributed by atoms with Crippen LogP contribution in [0.4, 0.5) is 11.4 Å². The Balaban J connectivity index is 1.81. The van der Waals surface area contributed by atoms with Crippen LogP contribution >= 0.6 is 0 Å². The highest BCUT2D eigenvalue weighted by Gasteiger charge is 2.31. The molecule has 0 aliphatic rings. The summed E-state index contributed by atoms with van der Waals surface area (Å²) < 4.78 is 32.8. The molecule has 0 unspecified atom stereocenters. The molecule has 182 valence electrons. The average molecular weight is 497 g/mol. The molecule has 0 atom stereocenters. The molecule has 0 aromatic heterocycles. The van der Waals surface area contributed by atoms with Gasteiger partial charge in [-0.3, -0.25) is 14.9 Å². The first kappa shape index (κ1) is 25.4. The fraction of sp³-hybridized carbons (Fsp3) is 0.167. The Labute approximate surface area is 203 Å². The molecule has 0 fully saturated rings. The summed E-state index contributed by atoms with van der Waals surface area (Å²) >= 11 is 0. The molecule has 0 radical (unpaired) electrons. The Bertz CT molecular complexity index is 1300. The second-order valence-corrected chi connectivity index (χ2v) is 9.14. The van der Waals surface area contributed by atoms with E-state index in [1.165, 1.54) is 54.7 Å². The molecule has 0 bridgehead atoms. The second kappa shape index (κ2) is 11.7. The highest BCUT2D eigenvalue weighted by molar-refractivity contribution is 7.92. The third-order valence-electron chi connectivity index (χ3n) is 4.72. The van der Waals surface area contributed by atoms with Crippen LogP contribution in [0.5, 0.6) is 5.75 Å². The maximum Gasteiger partial charge on any atom is 0.293 e. The van der Waals surface area contributed by atoms with Crippen LogP contribution < -0.4 is 14.5 Å². The lowest BCUT2D eigenvalue weighted by Crippen LogP contribution is -2.39. The van der Waals surface area contributed by atoms with Gasteiger partial charge < -0.3 is 4.74 Å². The number of hydrazone groups is 1. The largest absolute Gasteiger partial charge is 0.494 e. The van der Waals surface area contributed by atoms with Gasteiger partial charge in [-0.2, -0.15) is 5.10 Å². The van der Waals surface area contributed by atoms with E-state index in [-0.39, 0.29) is 10.6 Å². The molecule has 11 heteroatoms. The molecule has 0 spiro atoms. The van der Waals surface area contributed by atoms with E-state index >= 15 is 0 Å². The summed E-state index contributed by atoms with van der Waals surface area (Å²) in [7, 11) is -4.29. The van der Waals surface area contributed by atoms with E-state index in [0.717, 1.165) is 6.42 Å². The summed E-state index contributed by atoms with van der Waals surface area (Å²) in [6.45, 7) is 1.89. The van der Waals surface area contributed by atoms with Crippen LogP contribution in [0.25, 0.3) is 0 Å². The van der Waals surface area contributed by atoms with Gasteiger partial charge in [-0.15, -0.1) is 0 Å². The summed E-state index contributed by atoms with van der Waals surface area (Å²) in [5, 5.41) is 15.4. The van der Waals surface area contributed by atoms with Gasteiger partial charge in [0.05, 0.1) is 22.6 Å². The predicted molar refractivity (Wildman–Crippen MR) is 132 cm³/mol. The average Bonchev–Trinajstić information content (AvgIpc) is 2.87. The fourth-order valence-electron chi connectivity index (χ4n) is 3.06. The van der Waals surface area contributed by atoms with Crippen LogP contribution in [0, 0.1) is 10.1 Å². The summed E-state index contributed by atoms with van der Waals surface area (Å²) in [5.74, 6) is -0.0685. The van der Waals surface area contributed by atoms with Gasteiger partial charge in [0.25, 0.3) is 21.6 Å². The van der Waals surface area contributed by atoms with Gasteiger partial charge >= 0.3 is 0 Å². The summed E-state index contributed by atoms with van der Waals surface area (Å²) in [5.41, 5.74) is 2.27. The van der Waals surface area contributed by atoms with Crippen molar-refractivity contribution in [1.29, 1.82) is 0 Å². The molecule has 3 rings (SSSR count). The van der Waals surface area contributed by atoms with E-state index in [9.17, 15) is 23.3 Å². The van der Waals surface area contributed by atoms with E-state index in [2.05, 4.69) is 10.5 Å². The molecular weight excluding hydrogens is 472 g/mol. The lowest BCUT2D eigenvalue weighted by Gasteiger charge is -2.23. The van der Waals surface area contributed by atoms with Crippen molar-refractivity contribution in [2.75, 3.05) is 17.5 Å². The second-order valence-electron chi connectivity index (χ2n) is 7.28. The Morgan fingerprint density at radius 3 is 2.37 bits per heavy atom. The number of hydrogen-bond donors (Lipinski definition) is 1. The van der Waals surface area contributed by atoms with Crippen LogP contribution in [-0.2, 0) is 14.8 Å². The van der Waals surface area contributed by atoms with Gasteiger partial charge in [0, 0.05) is 6.07 Å². The van der Waals surface area contributed by atoms with Gasteiger partial charge in [-0.05, 0) is 54.4 Å². The molecule has 35 heavy (non-hydrogen) atoms. The monoisotopic (exact) mass is 496 g/mol. The number of amides is 1. The number of para-hydroxylation sites is 2. The van der Waals surface area contributed by atoms with Gasteiger partial charge in [0.1, 0.15) is 18.0 Å². The number of ether oxygens (including phenoxy) is 1. The molecule has 0 heterocycles. The topological polar surface area (TPSA) is 131 Å². The molecule has 0 saturated heterocycles. The Hall–Kier alpha value is -4.25. The zero-order valence-corrected chi connectivity index (χ0v) is 19.7. The van der Waals surface area contributed by atoms with Gasteiger partial charge in [0.15, 0.2) is 0 Å². The van der Waals surface area contributed by atoms with E-state index in [4.69, 9.17) is 4.74 Å².